The fraction of sp³-hybridized carbons (Fsp3) is 0.250. The SMILES string of the molecule is NC(=O)CN(CC(=O)NC(N)=O)Cc1cccc(N)c1. The normalized spacial score (nSPS) is 10.2. The number of nitrogens with two attached hydrogens (primary N) is 3. The molecule has 0 atom stereocenters. The summed E-state index contributed by atoms with van der Waals surface area (Å²) in [5, 5.41) is 1.93. The lowest BCUT2D eigenvalue weighted by Gasteiger charge is -2.20. The molecule has 0 unspecified atom stereocenters. The zero-order chi connectivity index (χ0) is 15.1. The van der Waals surface area contributed by atoms with Gasteiger partial charge in [-0.1, -0.05) is 12.1 Å². The van der Waals surface area contributed by atoms with Crippen LogP contribution >= 0.6 is 0 Å². The van der Waals surface area contributed by atoms with Gasteiger partial charge in [-0.05, 0) is 17.7 Å². The van der Waals surface area contributed by atoms with Crippen molar-refractivity contribution in [1.82, 2.24) is 10.2 Å². The summed E-state index contributed by atoms with van der Waals surface area (Å²) in [5.74, 6) is -1.19. The third kappa shape index (κ3) is 5.83. The lowest BCUT2D eigenvalue weighted by molar-refractivity contribution is -0.123. The molecule has 8 nitrogen and oxygen atoms in total. The number of hydrogen-bond acceptors (Lipinski definition) is 5. The molecule has 0 bridgehead atoms. The average Bonchev–Trinajstić information content (AvgIpc) is 2.26. The fourth-order valence-electron chi connectivity index (χ4n) is 1.72. The zero-order valence-electron chi connectivity index (χ0n) is 10.8. The van der Waals surface area contributed by atoms with Crippen LogP contribution in [0.1, 0.15) is 5.56 Å². The number of nitrogens with zero attached hydrogens (tertiary/aromatic N) is 1. The zero-order valence-corrected chi connectivity index (χ0v) is 10.8. The van der Waals surface area contributed by atoms with E-state index in [1.165, 1.54) is 4.90 Å². The van der Waals surface area contributed by atoms with E-state index in [9.17, 15) is 14.4 Å². The van der Waals surface area contributed by atoms with Crippen molar-refractivity contribution in [3.05, 3.63) is 29.8 Å². The Balaban J connectivity index is 2.71. The molecule has 0 aliphatic heterocycles. The van der Waals surface area contributed by atoms with Gasteiger partial charge in [-0.15, -0.1) is 0 Å². The summed E-state index contributed by atoms with van der Waals surface area (Å²) in [6.07, 6.45) is 0. The molecule has 20 heavy (non-hydrogen) atoms. The number of anilines is 1. The molecule has 0 aromatic heterocycles. The van der Waals surface area contributed by atoms with Crippen molar-refractivity contribution in [3.8, 4) is 0 Å². The van der Waals surface area contributed by atoms with Gasteiger partial charge in [0.1, 0.15) is 0 Å². The average molecular weight is 279 g/mol. The largest absolute Gasteiger partial charge is 0.399 e. The summed E-state index contributed by atoms with van der Waals surface area (Å²) in [6.45, 7) is -0.0121. The molecule has 8 heteroatoms. The molecule has 7 N–H and O–H groups in total. The lowest BCUT2D eigenvalue weighted by atomic mass is 10.2. The van der Waals surface area contributed by atoms with Crippen molar-refractivity contribution in [2.45, 2.75) is 6.54 Å². The summed E-state index contributed by atoms with van der Waals surface area (Å²) < 4.78 is 0. The Morgan fingerprint density at radius 1 is 1.15 bits per heavy atom. The third-order valence-electron chi connectivity index (χ3n) is 2.37. The monoisotopic (exact) mass is 279 g/mol. The van der Waals surface area contributed by atoms with Crippen LogP contribution in [0.15, 0.2) is 24.3 Å². The highest BCUT2D eigenvalue weighted by molar-refractivity contribution is 5.94. The number of hydrogen-bond donors (Lipinski definition) is 4. The van der Waals surface area contributed by atoms with Gasteiger partial charge >= 0.3 is 6.03 Å². The topological polar surface area (TPSA) is 145 Å². The van der Waals surface area contributed by atoms with Gasteiger partial charge in [-0.2, -0.15) is 0 Å². The minimum atomic E-state index is -0.946. The van der Waals surface area contributed by atoms with Gasteiger partial charge in [-0.3, -0.25) is 19.8 Å². The highest BCUT2D eigenvalue weighted by atomic mass is 16.2. The first kappa shape index (κ1) is 15.4. The molecule has 4 amide bonds. The molecule has 0 aliphatic rings. The van der Waals surface area contributed by atoms with Crippen LogP contribution in [0.5, 0.6) is 0 Å². The van der Waals surface area contributed by atoms with E-state index in [0.29, 0.717) is 12.2 Å². The first-order valence-corrected chi connectivity index (χ1v) is 5.81. The number of amides is 4. The van der Waals surface area contributed by atoms with Crippen molar-refractivity contribution in [3.63, 3.8) is 0 Å². The Labute approximate surface area is 115 Å². The quantitative estimate of drug-likeness (QED) is 0.481. The first-order valence-electron chi connectivity index (χ1n) is 5.81. The van der Waals surface area contributed by atoms with Crippen molar-refractivity contribution in [2.75, 3.05) is 18.8 Å². The van der Waals surface area contributed by atoms with Crippen LogP contribution in [0, 0.1) is 0 Å². The first-order chi connectivity index (χ1) is 9.36. The second-order valence-electron chi connectivity index (χ2n) is 4.27. The molecule has 0 aliphatic carbocycles. The van der Waals surface area contributed by atoms with Crippen LogP contribution in [0.3, 0.4) is 0 Å². The lowest BCUT2D eigenvalue weighted by Crippen LogP contribution is -2.44. The van der Waals surface area contributed by atoms with Gasteiger partial charge < -0.3 is 17.2 Å². The van der Waals surface area contributed by atoms with E-state index in [2.05, 4.69) is 0 Å². The number of urea groups is 1. The number of primary amides is 2. The Morgan fingerprint density at radius 2 is 1.85 bits per heavy atom. The standard InChI is InChI=1S/C12H17N5O3/c13-9-3-1-2-8(4-9)5-17(6-10(14)18)7-11(19)16-12(15)20/h1-4H,5-7,13H2,(H2,14,18)(H3,15,16,19,20). The van der Waals surface area contributed by atoms with E-state index in [1.807, 2.05) is 5.32 Å². The molecule has 0 spiro atoms. The van der Waals surface area contributed by atoms with Gasteiger partial charge in [0.15, 0.2) is 0 Å². The maximum atomic E-state index is 11.5. The third-order valence-corrected chi connectivity index (χ3v) is 2.37. The van der Waals surface area contributed by atoms with E-state index in [1.54, 1.807) is 24.3 Å². The second-order valence-corrected chi connectivity index (χ2v) is 4.27. The van der Waals surface area contributed by atoms with E-state index in [4.69, 9.17) is 17.2 Å². The molecule has 0 heterocycles. The molecule has 1 rings (SSSR count). The molecule has 0 saturated carbocycles. The van der Waals surface area contributed by atoms with Crippen LogP contribution in [-0.4, -0.2) is 35.8 Å². The molecule has 1 aromatic rings. The maximum Gasteiger partial charge on any atom is 0.318 e. The molecule has 108 valence electrons. The van der Waals surface area contributed by atoms with Gasteiger partial charge in [0.05, 0.1) is 13.1 Å². The predicted molar refractivity (Wildman–Crippen MR) is 73.1 cm³/mol. The fourth-order valence-corrected chi connectivity index (χ4v) is 1.72. The minimum Gasteiger partial charge on any atom is -0.399 e. The van der Waals surface area contributed by atoms with Crippen LogP contribution in [-0.2, 0) is 16.1 Å². The molecular weight excluding hydrogens is 262 g/mol. The van der Waals surface area contributed by atoms with Crippen molar-refractivity contribution in [2.24, 2.45) is 11.5 Å². The summed E-state index contributed by atoms with van der Waals surface area (Å²) in [6, 6.07) is 6.06. The highest BCUT2D eigenvalue weighted by Gasteiger charge is 2.14. The van der Waals surface area contributed by atoms with Crippen LogP contribution in [0.2, 0.25) is 0 Å². The van der Waals surface area contributed by atoms with E-state index < -0.39 is 17.8 Å². The molecular formula is C12H17N5O3. The van der Waals surface area contributed by atoms with Gasteiger partial charge in [0.25, 0.3) is 0 Å². The molecule has 0 saturated heterocycles. The van der Waals surface area contributed by atoms with Crippen molar-refractivity contribution < 1.29 is 14.4 Å². The smallest absolute Gasteiger partial charge is 0.318 e. The Kier molecular flexibility index (Phi) is 5.48. The molecule has 1 aromatic carbocycles. The van der Waals surface area contributed by atoms with E-state index in [0.717, 1.165) is 5.56 Å². The van der Waals surface area contributed by atoms with Gasteiger partial charge in [0.2, 0.25) is 11.8 Å². The Bertz CT molecular complexity index is 518. The number of nitrogen functional groups attached to an aromatic ring is 1. The van der Waals surface area contributed by atoms with E-state index in [-0.39, 0.29) is 13.1 Å². The summed E-state index contributed by atoms with van der Waals surface area (Å²) in [4.78, 5) is 34.5. The van der Waals surface area contributed by atoms with Crippen molar-refractivity contribution in [1.29, 1.82) is 0 Å². The maximum absolute atomic E-state index is 11.5. The van der Waals surface area contributed by atoms with Gasteiger partial charge in [0, 0.05) is 12.2 Å². The van der Waals surface area contributed by atoms with Crippen LogP contribution in [0.4, 0.5) is 10.5 Å². The summed E-state index contributed by atoms with van der Waals surface area (Å²) in [7, 11) is 0. The summed E-state index contributed by atoms with van der Waals surface area (Å²) >= 11 is 0. The summed E-state index contributed by atoms with van der Waals surface area (Å²) in [5.41, 5.74) is 17.0. The Hall–Kier alpha value is -2.61. The minimum absolute atomic E-state index is 0.124. The number of benzene rings is 1. The molecule has 0 fully saturated rings. The molecule has 0 radical (unpaired) electrons. The van der Waals surface area contributed by atoms with E-state index >= 15 is 0 Å². The number of imide groups is 1. The Morgan fingerprint density at radius 3 is 2.40 bits per heavy atom. The number of carbonyl (C=O) groups excluding carboxylic acids is 3. The van der Waals surface area contributed by atoms with Gasteiger partial charge in [-0.25, -0.2) is 4.79 Å². The van der Waals surface area contributed by atoms with Crippen LogP contribution < -0.4 is 22.5 Å². The number of nitrogens with one attached hydrogen (secondary N) is 1. The highest BCUT2D eigenvalue weighted by Crippen LogP contribution is 2.09. The number of rotatable bonds is 6. The second kappa shape index (κ2) is 7.10. The number of carbonyl (C=O) groups is 3. The van der Waals surface area contributed by atoms with Crippen molar-refractivity contribution >= 4 is 23.5 Å². The predicted octanol–water partition coefficient (Wildman–Crippen LogP) is -1.25. The van der Waals surface area contributed by atoms with Crippen LogP contribution in [0.25, 0.3) is 0 Å².